The Labute approximate surface area is 205 Å². The highest BCUT2D eigenvalue weighted by Gasteiger charge is 2.32. The van der Waals surface area contributed by atoms with Crippen molar-refractivity contribution < 1.29 is 18.0 Å². The molecule has 3 aromatic rings. The molecule has 1 saturated carbocycles. The van der Waals surface area contributed by atoms with Crippen LogP contribution in [0.4, 0.5) is 13.2 Å². The summed E-state index contributed by atoms with van der Waals surface area (Å²) in [6, 6.07) is 12.0. The van der Waals surface area contributed by atoms with Crippen LogP contribution in [0.5, 0.6) is 0 Å². The summed E-state index contributed by atoms with van der Waals surface area (Å²) in [5.74, 6) is 0.180. The zero-order valence-electron chi connectivity index (χ0n) is 19.0. The van der Waals surface area contributed by atoms with E-state index in [-0.39, 0.29) is 12.1 Å². The fourth-order valence-electron chi connectivity index (χ4n) is 4.49. The molecule has 1 amide bonds. The molecule has 186 valence electrons. The molecule has 0 bridgehead atoms. The summed E-state index contributed by atoms with van der Waals surface area (Å²) in [7, 11) is 0. The van der Waals surface area contributed by atoms with E-state index < -0.39 is 29.9 Å². The van der Waals surface area contributed by atoms with Crippen molar-refractivity contribution in [2.24, 2.45) is 5.92 Å². The van der Waals surface area contributed by atoms with Gasteiger partial charge in [0.25, 0.3) is 0 Å². The van der Waals surface area contributed by atoms with Crippen LogP contribution < -0.4 is 11.0 Å². The number of halogens is 4. The minimum absolute atomic E-state index is 0.0506. The summed E-state index contributed by atoms with van der Waals surface area (Å²) in [6.07, 6.45) is 0.945. The van der Waals surface area contributed by atoms with Crippen molar-refractivity contribution in [3.8, 4) is 11.4 Å². The Morgan fingerprint density at radius 1 is 1.06 bits per heavy atom. The molecule has 0 unspecified atom stereocenters. The van der Waals surface area contributed by atoms with Crippen LogP contribution in [0, 0.1) is 5.92 Å². The molecule has 10 heteroatoms. The number of hydrogen-bond acceptors (Lipinski definition) is 3. The maximum Gasteiger partial charge on any atom is 0.416 e. The lowest BCUT2D eigenvalue weighted by molar-refractivity contribution is -0.138. The number of carbonyl (C=O) groups excluding carboxylic acids is 1. The normalized spacial score (nSPS) is 14.7. The molecule has 0 radical (unpaired) electrons. The number of carbonyl (C=O) groups is 1. The summed E-state index contributed by atoms with van der Waals surface area (Å²) in [5.41, 5.74) is -0.587. The molecule has 6 nitrogen and oxygen atoms in total. The first-order valence-corrected chi connectivity index (χ1v) is 12.0. The summed E-state index contributed by atoms with van der Waals surface area (Å²) in [5, 5.41) is 7.44. The Morgan fingerprint density at radius 2 is 1.74 bits per heavy atom. The lowest BCUT2D eigenvalue weighted by atomic mass is 9.89. The third-order valence-electron chi connectivity index (χ3n) is 6.28. The van der Waals surface area contributed by atoms with E-state index in [1.54, 1.807) is 28.8 Å². The number of aromatic nitrogens is 3. The average Bonchev–Trinajstić information content (AvgIpc) is 3.13. The van der Waals surface area contributed by atoms with Gasteiger partial charge in [-0.05, 0) is 54.7 Å². The van der Waals surface area contributed by atoms with Crippen molar-refractivity contribution in [2.45, 2.75) is 57.9 Å². The van der Waals surface area contributed by atoms with E-state index in [2.05, 4.69) is 10.4 Å². The first-order valence-electron chi connectivity index (χ1n) is 11.6. The van der Waals surface area contributed by atoms with E-state index in [4.69, 9.17) is 11.6 Å². The van der Waals surface area contributed by atoms with E-state index in [1.165, 1.54) is 24.6 Å². The van der Waals surface area contributed by atoms with Gasteiger partial charge in [0.1, 0.15) is 6.54 Å². The Balaban J connectivity index is 1.54. The molecule has 0 spiro atoms. The van der Waals surface area contributed by atoms with Gasteiger partial charge < -0.3 is 5.32 Å². The predicted molar refractivity (Wildman–Crippen MR) is 127 cm³/mol. The van der Waals surface area contributed by atoms with Crippen LogP contribution in [0.25, 0.3) is 11.4 Å². The molecule has 1 aliphatic rings. The zero-order chi connectivity index (χ0) is 25.0. The Bertz CT molecular complexity index is 1230. The Hall–Kier alpha value is -3.07. The Morgan fingerprint density at radius 3 is 2.43 bits per heavy atom. The molecule has 4 rings (SSSR count). The van der Waals surface area contributed by atoms with Crippen molar-refractivity contribution >= 4 is 17.5 Å². The number of benzene rings is 2. The summed E-state index contributed by atoms with van der Waals surface area (Å²) in [6.45, 7) is -0.210. The highest BCUT2D eigenvalue weighted by Crippen LogP contribution is 2.32. The van der Waals surface area contributed by atoms with Crippen molar-refractivity contribution in [2.75, 3.05) is 0 Å². The SMILES string of the molecule is O=C(Cn1nc(-c2ccc(Cl)cc2)n(CC2CCCCC2)c1=O)NCc1ccccc1C(F)(F)F. The van der Waals surface area contributed by atoms with Gasteiger partial charge in [-0.1, -0.05) is 49.1 Å². The van der Waals surface area contributed by atoms with E-state index >= 15 is 0 Å². The van der Waals surface area contributed by atoms with Crippen LogP contribution in [-0.2, 0) is 30.6 Å². The lowest BCUT2D eigenvalue weighted by Gasteiger charge is -2.22. The van der Waals surface area contributed by atoms with E-state index in [1.807, 2.05) is 0 Å². The maximum atomic E-state index is 13.2. The molecule has 0 atom stereocenters. The van der Waals surface area contributed by atoms with Gasteiger partial charge in [0, 0.05) is 23.7 Å². The second kappa shape index (κ2) is 10.7. The topological polar surface area (TPSA) is 68.9 Å². The maximum absolute atomic E-state index is 13.2. The fourth-order valence-corrected chi connectivity index (χ4v) is 4.61. The smallest absolute Gasteiger partial charge is 0.350 e. The van der Waals surface area contributed by atoms with Crippen molar-refractivity contribution in [1.82, 2.24) is 19.7 Å². The Kier molecular flexibility index (Phi) is 7.64. The highest BCUT2D eigenvalue weighted by molar-refractivity contribution is 6.30. The standard InChI is InChI=1S/C25H26ClF3N4O2/c26-20-12-10-18(11-13-20)23-31-33(24(35)32(23)15-17-6-2-1-3-7-17)16-22(34)30-14-19-8-4-5-9-21(19)25(27,28)29/h4-5,8-13,17H,1-3,6-7,14-16H2,(H,30,34). The van der Waals surface area contributed by atoms with Gasteiger partial charge >= 0.3 is 11.9 Å². The van der Waals surface area contributed by atoms with Gasteiger partial charge in [0.05, 0.1) is 5.56 Å². The number of rotatable bonds is 7. The van der Waals surface area contributed by atoms with Gasteiger partial charge in [-0.25, -0.2) is 9.48 Å². The molecule has 1 fully saturated rings. The van der Waals surface area contributed by atoms with E-state index in [0.717, 1.165) is 36.4 Å². The number of nitrogens with zero attached hydrogens (tertiary/aromatic N) is 3. The third kappa shape index (κ3) is 6.14. The first-order chi connectivity index (χ1) is 16.7. The van der Waals surface area contributed by atoms with Crippen LogP contribution in [0.3, 0.4) is 0 Å². The molecule has 35 heavy (non-hydrogen) atoms. The largest absolute Gasteiger partial charge is 0.416 e. The fraction of sp³-hybridized carbons (Fsp3) is 0.400. The van der Waals surface area contributed by atoms with Crippen LogP contribution in [0.2, 0.25) is 5.02 Å². The summed E-state index contributed by atoms with van der Waals surface area (Å²) < 4.78 is 42.3. The van der Waals surface area contributed by atoms with Crippen LogP contribution in [0.15, 0.2) is 53.3 Å². The molecule has 1 aromatic heterocycles. The lowest BCUT2D eigenvalue weighted by Crippen LogP contribution is -2.34. The van der Waals surface area contributed by atoms with Gasteiger partial charge in [-0.3, -0.25) is 9.36 Å². The van der Waals surface area contributed by atoms with E-state index in [9.17, 15) is 22.8 Å². The molecule has 1 N–H and O–H groups in total. The highest BCUT2D eigenvalue weighted by atomic mass is 35.5. The monoisotopic (exact) mass is 506 g/mol. The van der Waals surface area contributed by atoms with Crippen molar-refractivity contribution in [3.05, 3.63) is 75.2 Å². The number of amides is 1. The zero-order valence-corrected chi connectivity index (χ0v) is 19.8. The van der Waals surface area contributed by atoms with Gasteiger partial charge in [0.15, 0.2) is 5.82 Å². The van der Waals surface area contributed by atoms with Crippen LogP contribution in [0.1, 0.15) is 43.2 Å². The minimum atomic E-state index is -4.52. The summed E-state index contributed by atoms with van der Waals surface area (Å²) >= 11 is 6.01. The minimum Gasteiger partial charge on any atom is -0.350 e. The molecular weight excluding hydrogens is 481 g/mol. The number of hydrogen-bond donors (Lipinski definition) is 1. The quantitative estimate of drug-likeness (QED) is 0.474. The van der Waals surface area contributed by atoms with Crippen LogP contribution in [-0.4, -0.2) is 20.3 Å². The van der Waals surface area contributed by atoms with Crippen molar-refractivity contribution in [3.63, 3.8) is 0 Å². The molecule has 0 saturated heterocycles. The average molecular weight is 507 g/mol. The van der Waals surface area contributed by atoms with E-state index in [0.29, 0.717) is 28.9 Å². The second-order valence-electron chi connectivity index (χ2n) is 8.82. The molecule has 0 aliphatic heterocycles. The number of alkyl halides is 3. The second-order valence-corrected chi connectivity index (χ2v) is 9.25. The number of nitrogens with one attached hydrogen (secondary N) is 1. The van der Waals surface area contributed by atoms with Crippen molar-refractivity contribution in [1.29, 1.82) is 0 Å². The van der Waals surface area contributed by atoms with Gasteiger partial charge in [-0.15, -0.1) is 5.10 Å². The van der Waals surface area contributed by atoms with Gasteiger partial charge in [-0.2, -0.15) is 13.2 Å². The third-order valence-corrected chi connectivity index (χ3v) is 6.53. The summed E-state index contributed by atoms with van der Waals surface area (Å²) in [4.78, 5) is 25.8. The molecular formula is C25H26ClF3N4O2. The predicted octanol–water partition coefficient (Wildman–Crippen LogP) is 5.28. The molecule has 2 aromatic carbocycles. The van der Waals surface area contributed by atoms with Gasteiger partial charge in [0.2, 0.25) is 5.91 Å². The molecule has 1 aliphatic carbocycles. The van der Waals surface area contributed by atoms with Crippen LogP contribution >= 0.6 is 11.6 Å². The molecule has 1 heterocycles. The first kappa shape index (κ1) is 25.0.